The summed E-state index contributed by atoms with van der Waals surface area (Å²) < 4.78 is 5.25. The zero-order chi connectivity index (χ0) is 15.9. The normalized spacial score (nSPS) is 10.3. The summed E-state index contributed by atoms with van der Waals surface area (Å²) in [7, 11) is 1.65. The van der Waals surface area contributed by atoms with Gasteiger partial charge in [-0.1, -0.05) is 30.0 Å². The van der Waals surface area contributed by atoms with Gasteiger partial charge in [-0.2, -0.15) is 0 Å². The average Bonchev–Trinajstić information content (AvgIpc) is 2.56. The molecule has 3 nitrogen and oxygen atoms in total. The van der Waals surface area contributed by atoms with Crippen LogP contribution in [-0.4, -0.2) is 31.0 Å². The number of carbonyl (C=O) groups is 1. The van der Waals surface area contributed by atoms with Crippen LogP contribution in [0.3, 0.4) is 0 Å². The Morgan fingerprint density at radius 2 is 1.82 bits per heavy atom. The van der Waals surface area contributed by atoms with Gasteiger partial charge in [-0.15, -0.1) is 0 Å². The number of rotatable bonds is 6. The fraction of sp³-hybridized carbons (Fsp3) is 0.278. The summed E-state index contributed by atoms with van der Waals surface area (Å²) in [6.07, 6.45) is 0. The zero-order valence-corrected chi connectivity index (χ0v) is 14.0. The van der Waals surface area contributed by atoms with Gasteiger partial charge in [-0.3, -0.25) is 4.79 Å². The highest BCUT2D eigenvalue weighted by Crippen LogP contribution is 2.32. The van der Waals surface area contributed by atoms with E-state index in [4.69, 9.17) is 4.74 Å². The van der Waals surface area contributed by atoms with Crippen molar-refractivity contribution in [1.29, 1.82) is 0 Å². The van der Waals surface area contributed by atoms with Gasteiger partial charge in [-0.25, -0.2) is 0 Å². The standard InChI is InChI=1S/C18H21NO2S/c1-4-19(5-2)18(20)16-11-6-7-12-17(16)22-15-10-8-9-14(13-15)21-3/h6-13H,4-5H2,1-3H3. The minimum atomic E-state index is 0.0796. The van der Waals surface area contributed by atoms with Gasteiger partial charge < -0.3 is 9.64 Å². The van der Waals surface area contributed by atoms with Crippen LogP contribution in [-0.2, 0) is 0 Å². The molecule has 0 atom stereocenters. The molecule has 0 radical (unpaired) electrons. The van der Waals surface area contributed by atoms with Crippen LogP contribution in [0.2, 0.25) is 0 Å². The molecular weight excluding hydrogens is 294 g/mol. The van der Waals surface area contributed by atoms with Gasteiger partial charge in [0.25, 0.3) is 5.91 Å². The van der Waals surface area contributed by atoms with Gasteiger partial charge in [0, 0.05) is 22.9 Å². The summed E-state index contributed by atoms with van der Waals surface area (Å²) in [6, 6.07) is 15.6. The smallest absolute Gasteiger partial charge is 0.254 e. The van der Waals surface area contributed by atoms with Crippen LogP contribution >= 0.6 is 11.8 Å². The molecule has 0 heterocycles. The van der Waals surface area contributed by atoms with Crippen molar-refractivity contribution in [3.8, 4) is 5.75 Å². The summed E-state index contributed by atoms with van der Waals surface area (Å²) in [4.78, 5) is 16.5. The first-order chi connectivity index (χ1) is 10.7. The van der Waals surface area contributed by atoms with E-state index in [0.29, 0.717) is 13.1 Å². The van der Waals surface area contributed by atoms with Crippen molar-refractivity contribution in [2.24, 2.45) is 0 Å². The first-order valence-corrected chi connectivity index (χ1v) is 8.21. The van der Waals surface area contributed by atoms with Crippen LogP contribution in [0.25, 0.3) is 0 Å². The maximum Gasteiger partial charge on any atom is 0.254 e. The SMILES string of the molecule is CCN(CC)C(=O)c1ccccc1Sc1cccc(OC)c1. The molecule has 0 bridgehead atoms. The molecule has 2 aromatic rings. The molecule has 1 amide bonds. The quantitative estimate of drug-likeness (QED) is 0.794. The Bertz CT molecular complexity index is 638. The lowest BCUT2D eigenvalue weighted by Gasteiger charge is -2.20. The number of amides is 1. The predicted molar refractivity (Wildman–Crippen MR) is 90.8 cm³/mol. The Balaban J connectivity index is 2.30. The van der Waals surface area contributed by atoms with Crippen molar-refractivity contribution in [1.82, 2.24) is 4.90 Å². The summed E-state index contributed by atoms with van der Waals surface area (Å²) in [5, 5.41) is 0. The molecule has 4 heteroatoms. The Morgan fingerprint density at radius 3 is 2.50 bits per heavy atom. The third kappa shape index (κ3) is 3.83. The molecule has 0 spiro atoms. The fourth-order valence-corrected chi connectivity index (χ4v) is 3.19. The van der Waals surface area contributed by atoms with E-state index in [1.165, 1.54) is 0 Å². The molecule has 2 aromatic carbocycles. The Kier molecular flexibility index (Phi) is 5.90. The monoisotopic (exact) mass is 315 g/mol. The van der Waals surface area contributed by atoms with E-state index in [2.05, 4.69) is 0 Å². The highest BCUT2D eigenvalue weighted by atomic mass is 32.2. The van der Waals surface area contributed by atoms with Crippen LogP contribution < -0.4 is 4.74 Å². The highest BCUT2D eigenvalue weighted by Gasteiger charge is 2.16. The summed E-state index contributed by atoms with van der Waals surface area (Å²) in [6.45, 7) is 5.43. The second-order valence-electron chi connectivity index (χ2n) is 4.75. The van der Waals surface area contributed by atoms with Crippen molar-refractivity contribution >= 4 is 17.7 Å². The van der Waals surface area contributed by atoms with E-state index in [1.807, 2.05) is 67.3 Å². The maximum absolute atomic E-state index is 12.6. The molecule has 0 fully saturated rings. The predicted octanol–water partition coefficient (Wildman–Crippen LogP) is 4.33. The van der Waals surface area contributed by atoms with Crippen molar-refractivity contribution in [3.05, 3.63) is 54.1 Å². The van der Waals surface area contributed by atoms with Crippen molar-refractivity contribution in [3.63, 3.8) is 0 Å². The zero-order valence-electron chi connectivity index (χ0n) is 13.2. The first kappa shape index (κ1) is 16.4. The van der Waals surface area contributed by atoms with Gasteiger partial charge >= 0.3 is 0 Å². The lowest BCUT2D eigenvalue weighted by Crippen LogP contribution is -2.30. The number of carbonyl (C=O) groups excluding carboxylic acids is 1. The summed E-state index contributed by atoms with van der Waals surface area (Å²) in [5.74, 6) is 0.897. The minimum Gasteiger partial charge on any atom is -0.497 e. The van der Waals surface area contributed by atoms with E-state index < -0.39 is 0 Å². The molecule has 2 rings (SSSR count). The highest BCUT2D eigenvalue weighted by molar-refractivity contribution is 7.99. The maximum atomic E-state index is 12.6. The number of methoxy groups -OCH3 is 1. The second-order valence-corrected chi connectivity index (χ2v) is 5.87. The number of hydrogen-bond acceptors (Lipinski definition) is 3. The van der Waals surface area contributed by atoms with Gasteiger partial charge in [0.1, 0.15) is 5.75 Å². The minimum absolute atomic E-state index is 0.0796. The van der Waals surface area contributed by atoms with E-state index in [9.17, 15) is 4.79 Å². The van der Waals surface area contributed by atoms with Crippen LogP contribution in [0, 0.1) is 0 Å². The third-order valence-electron chi connectivity index (χ3n) is 3.44. The fourth-order valence-electron chi connectivity index (χ4n) is 2.21. The summed E-state index contributed by atoms with van der Waals surface area (Å²) >= 11 is 1.58. The van der Waals surface area contributed by atoms with Crippen LogP contribution in [0.5, 0.6) is 5.75 Å². The first-order valence-electron chi connectivity index (χ1n) is 7.39. The number of benzene rings is 2. The number of hydrogen-bond donors (Lipinski definition) is 0. The lowest BCUT2D eigenvalue weighted by atomic mass is 10.2. The number of ether oxygens (including phenoxy) is 1. The molecule has 0 aliphatic rings. The van der Waals surface area contributed by atoms with E-state index in [-0.39, 0.29) is 5.91 Å². The van der Waals surface area contributed by atoms with E-state index >= 15 is 0 Å². The van der Waals surface area contributed by atoms with Crippen LogP contribution in [0.4, 0.5) is 0 Å². The summed E-state index contributed by atoms with van der Waals surface area (Å²) in [5.41, 5.74) is 0.749. The average molecular weight is 315 g/mol. The van der Waals surface area contributed by atoms with Crippen molar-refractivity contribution < 1.29 is 9.53 Å². The molecular formula is C18H21NO2S. The topological polar surface area (TPSA) is 29.5 Å². The third-order valence-corrected chi connectivity index (χ3v) is 4.50. The number of nitrogens with zero attached hydrogens (tertiary/aromatic N) is 1. The van der Waals surface area contributed by atoms with Gasteiger partial charge in [-0.05, 0) is 44.2 Å². The van der Waals surface area contributed by atoms with E-state index in [1.54, 1.807) is 18.9 Å². The Hall–Kier alpha value is -1.94. The molecule has 0 saturated carbocycles. The second kappa shape index (κ2) is 7.90. The van der Waals surface area contributed by atoms with E-state index in [0.717, 1.165) is 21.1 Å². The molecule has 22 heavy (non-hydrogen) atoms. The van der Waals surface area contributed by atoms with Crippen molar-refractivity contribution in [2.45, 2.75) is 23.6 Å². The molecule has 0 saturated heterocycles. The molecule has 0 N–H and O–H groups in total. The largest absolute Gasteiger partial charge is 0.497 e. The Labute approximate surface area is 136 Å². The van der Waals surface area contributed by atoms with Gasteiger partial charge in [0.2, 0.25) is 0 Å². The molecule has 116 valence electrons. The molecule has 0 aromatic heterocycles. The van der Waals surface area contributed by atoms with Crippen LogP contribution in [0.1, 0.15) is 24.2 Å². The molecule has 0 unspecified atom stereocenters. The van der Waals surface area contributed by atoms with Crippen molar-refractivity contribution in [2.75, 3.05) is 20.2 Å². The van der Waals surface area contributed by atoms with Crippen LogP contribution in [0.15, 0.2) is 58.3 Å². The molecule has 0 aliphatic carbocycles. The Morgan fingerprint density at radius 1 is 1.09 bits per heavy atom. The van der Waals surface area contributed by atoms with Gasteiger partial charge in [0.05, 0.1) is 12.7 Å². The lowest BCUT2D eigenvalue weighted by molar-refractivity contribution is 0.0769. The molecule has 0 aliphatic heterocycles. The van der Waals surface area contributed by atoms with Gasteiger partial charge in [0.15, 0.2) is 0 Å².